The summed E-state index contributed by atoms with van der Waals surface area (Å²) in [7, 11) is 0. The second-order valence-electron chi connectivity index (χ2n) is 4.36. The molecule has 0 amide bonds. The van der Waals surface area contributed by atoms with Gasteiger partial charge in [0.25, 0.3) is 0 Å². The minimum Gasteiger partial charge on any atom is -0.481 e. The molecule has 1 heterocycles. The fourth-order valence-corrected chi connectivity index (χ4v) is 2.89. The minimum absolute atomic E-state index is 0.0797. The van der Waals surface area contributed by atoms with Gasteiger partial charge in [-0.05, 0) is 29.1 Å². The Morgan fingerprint density at radius 3 is 2.68 bits per heavy atom. The fraction of sp³-hybridized carbons (Fsp3) is 0.214. The summed E-state index contributed by atoms with van der Waals surface area (Å²) in [5.74, 6) is -1.49. The summed E-state index contributed by atoms with van der Waals surface area (Å²) in [4.78, 5) is 12.6. The summed E-state index contributed by atoms with van der Waals surface area (Å²) in [5, 5.41) is 11.4. The molecule has 0 fully saturated rings. The number of thiophene rings is 1. The largest absolute Gasteiger partial charge is 0.481 e. The molecule has 2 aromatic rings. The van der Waals surface area contributed by atoms with Gasteiger partial charge in [0.15, 0.2) is 0 Å². The van der Waals surface area contributed by atoms with Crippen LogP contribution in [0.4, 0.5) is 4.39 Å². The Bertz CT molecular complexity index is 571. The van der Waals surface area contributed by atoms with Gasteiger partial charge >= 0.3 is 5.97 Å². The maximum absolute atomic E-state index is 13.3. The number of carbonyl (C=O) groups is 1. The van der Waals surface area contributed by atoms with Crippen molar-refractivity contribution in [2.24, 2.45) is 5.73 Å². The van der Waals surface area contributed by atoms with Crippen LogP contribution >= 0.6 is 11.3 Å². The molecule has 0 saturated carbocycles. The van der Waals surface area contributed by atoms with E-state index in [1.165, 1.54) is 29.5 Å². The van der Waals surface area contributed by atoms with Crippen molar-refractivity contribution < 1.29 is 14.3 Å². The number of hydrogen-bond donors (Lipinski definition) is 2. The Morgan fingerprint density at radius 2 is 2.16 bits per heavy atom. The van der Waals surface area contributed by atoms with Crippen molar-refractivity contribution in [3.63, 3.8) is 0 Å². The zero-order chi connectivity index (χ0) is 13.9. The predicted molar refractivity (Wildman–Crippen MR) is 72.8 cm³/mol. The third-order valence-electron chi connectivity index (χ3n) is 3.19. The molecule has 100 valence electrons. The SMILES string of the molecule is NCC(Cc1cccs1)(C(=O)O)c1cccc(F)c1. The van der Waals surface area contributed by atoms with Crippen molar-refractivity contribution in [2.45, 2.75) is 11.8 Å². The van der Waals surface area contributed by atoms with Crippen molar-refractivity contribution in [1.82, 2.24) is 0 Å². The van der Waals surface area contributed by atoms with Gasteiger partial charge < -0.3 is 10.8 Å². The molecule has 0 aliphatic heterocycles. The van der Waals surface area contributed by atoms with Gasteiger partial charge in [-0.2, -0.15) is 0 Å². The number of halogens is 1. The predicted octanol–water partition coefficient (Wildman–Crippen LogP) is 2.41. The Morgan fingerprint density at radius 1 is 1.37 bits per heavy atom. The topological polar surface area (TPSA) is 63.3 Å². The van der Waals surface area contributed by atoms with Crippen molar-refractivity contribution in [1.29, 1.82) is 0 Å². The molecular formula is C14H14FNO2S. The number of benzene rings is 1. The zero-order valence-electron chi connectivity index (χ0n) is 10.2. The van der Waals surface area contributed by atoms with E-state index in [9.17, 15) is 14.3 Å². The van der Waals surface area contributed by atoms with Crippen LogP contribution in [0.15, 0.2) is 41.8 Å². The summed E-state index contributed by atoms with van der Waals surface area (Å²) >= 11 is 1.47. The van der Waals surface area contributed by atoms with Crippen LogP contribution in [0, 0.1) is 5.82 Å². The normalized spacial score (nSPS) is 14.0. The van der Waals surface area contributed by atoms with E-state index in [4.69, 9.17) is 5.73 Å². The lowest BCUT2D eigenvalue weighted by molar-refractivity contribution is -0.143. The molecule has 0 spiro atoms. The molecule has 5 heteroatoms. The standard InChI is InChI=1S/C14H14FNO2S/c15-11-4-1-3-10(7-11)14(9-16,13(17)18)8-12-5-2-6-19-12/h1-7H,8-9,16H2,(H,17,18). The number of carboxylic acid groups (broad SMARTS) is 1. The molecule has 0 bridgehead atoms. The van der Waals surface area contributed by atoms with Gasteiger partial charge in [-0.15, -0.1) is 11.3 Å². The van der Waals surface area contributed by atoms with Gasteiger partial charge in [0.2, 0.25) is 0 Å². The third-order valence-corrected chi connectivity index (χ3v) is 4.07. The Balaban J connectivity index is 2.47. The first-order valence-electron chi connectivity index (χ1n) is 5.80. The van der Waals surface area contributed by atoms with Gasteiger partial charge in [-0.25, -0.2) is 4.39 Å². The van der Waals surface area contributed by atoms with Crippen LogP contribution in [0.3, 0.4) is 0 Å². The first kappa shape index (κ1) is 13.7. The van der Waals surface area contributed by atoms with E-state index in [0.717, 1.165) is 4.88 Å². The van der Waals surface area contributed by atoms with Crippen molar-refractivity contribution in [3.05, 3.63) is 58.0 Å². The second-order valence-corrected chi connectivity index (χ2v) is 5.39. The molecular weight excluding hydrogens is 265 g/mol. The van der Waals surface area contributed by atoms with E-state index in [1.807, 2.05) is 17.5 Å². The third kappa shape index (κ3) is 2.67. The average molecular weight is 279 g/mol. The fourth-order valence-electron chi connectivity index (χ4n) is 2.08. The maximum atomic E-state index is 13.3. The molecule has 1 aromatic heterocycles. The summed E-state index contributed by atoms with van der Waals surface area (Å²) in [6, 6.07) is 9.36. The molecule has 2 rings (SSSR count). The van der Waals surface area contributed by atoms with E-state index in [0.29, 0.717) is 5.56 Å². The monoisotopic (exact) mass is 279 g/mol. The molecule has 3 N–H and O–H groups in total. The van der Waals surface area contributed by atoms with E-state index < -0.39 is 17.2 Å². The van der Waals surface area contributed by atoms with Gasteiger partial charge in [-0.1, -0.05) is 18.2 Å². The highest BCUT2D eigenvalue weighted by molar-refractivity contribution is 7.09. The summed E-state index contributed by atoms with van der Waals surface area (Å²) in [6.45, 7) is -0.0797. The van der Waals surface area contributed by atoms with Crippen LogP contribution < -0.4 is 5.73 Å². The molecule has 0 saturated heterocycles. The number of rotatable bonds is 5. The van der Waals surface area contributed by atoms with Crippen molar-refractivity contribution >= 4 is 17.3 Å². The molecule has 0 radical (unpaired) electrons. The van der Waals surface area contributed by atoms with E-state index in [2.05, 4.69) is 0 Å². The molecule has 19 heavy (non-hydrogen) atoms. The molecule has 3 nitrogen and oxygen atoms in total. The summed E-state index contributed by atoms with van der Waals surface area (Å²) < 4.78 is 13.3. The smallest absolute Gasteiger partial charge is 0.315 e. The number of nitrogens with two attached hydrogens (primary N) is 1. The molecule has 1 aromatic carbocycles. The molecule has 1 atom stereocenters. The van der Waals surface area contributed by atoms with Crippen LogP contribution in [-0.4, -0.2) is 17.6 Å². The Kier molecular flexibility index (Phi) is 3.97. The number of carboxylic acids is 1. The zero-order valence-corrected chi connectivity index (χ0v) is 11.0. The first-order valence-corrected chi connectivity index (χ1v) is 6.68. The van der Waals surface area contributed by atoms with E-state index >= 15 is 0 Å². The quantitative estimate of drug-likeness (QED) is 0.883. The van der Waals surface area contributed by atoms with Crippen LogP contribution in [0.1, 0.15) is 10.4 Å². The number of aliphatic carboxylic acids is 1. The van der Waals surface area contributed by atoms with E-state index in [1.54, 1.807) is 6.07 Å². The maximum Gasteiger partial charge on any atom is 0.315 e. The van der Waals surface area contributed by atoms with Gasteiger partial charge in [0, 0.05) is 17.8 Å². The summed E-state index contributed by atoms with van der Waals surface area (Å²) in [6.07, 6.45) is 0.264. The first-order chi connectivity index (χ1) is 9.08. The lowest BCUT2D eigenvalue weighted by atomic mass is 9.77. The van der Waals surface area contributed by atoms with Gasteiger partial charge in [0.1, 0.15) is 11.2 Å². The van der Waals surface area contributed by atoms with Crippen LogP contribution in [0.5, 0.6) is 0 Å². The van der Waals surface area contributed by atoms with Crippen LogP contribution in [-0.2, 0) is 16.6 Å². The molecule has 1 unspecified atom stereocenters. The Hall–Kier alpha value is -1.72. The van der Waals surface area contributed by atoms with Crippen LogP contribution in [0.2, 0.25) is 0 Å². The molecule has 0 aliphatic rings. The highest BCUT2D eigenvalue weighted by Crippen LogP contribution is 2.30. The molecule has 0 aliphatic carbocycles. The van der Waals surface area contributed by atoms with E-state index in [-0.39, 0.29) is 13.0 Å². The van der Waals surface area contributed by atoms with Crippen molar-refractivity contribution in [2.75, 3.05) is 6.54 Å². The lowest BCUT2D eigenvalue weighted by Gasteiger charge is -2.28. The highest BCUT2D eigenvalue weighted by Gasteiger charge is 2.39. The van der Waals surface area contributed by atoms with Crippen LogP contribution in [0.25, 0.3) is 0 Å². The number of hydrogen-bond acceptors (Lipinski definition) is 3. The van der Waals surface area contributed by atoms with Gasteiger partial charge in [-0.3, -0.25) is 4.79 Å². The minimum atomic E-state index is -1.28. The Labute approximate surface area is 114 Å². The highest BCUT2D eigenvalue weighted by atomic mass is 32.1. The second kappa shape index (κ2) is 5.50. The van der Waals surface area contributed by atoms with Crippen molar-refractivity contribution in [3.8, 4) is 0 Å². The average Bonchev–Trinajstić information content (AvgIpc) is 2.88. The lowest BCUT2D eigenvalue weighted by Crippen LogP contribution is -2.44. The van der Waals surface area contributed by atoms with Gasteiger partial charge in [0.05, 0.1) is 0 Å². The summed E-state index contributed by atoms with van der Waals surface area (Å²) in [5.41, 5.74) is 4.82.